The molecule has 0 aliphatic carbocycles. The summed E-state index contributed by atoms with van der Waals surface area (Å²) in [5.41, 5.74) is 0. The molecule has 0 bridgehead atoms. The monoisotopic (exact) mass is 372 g/mol. The number of rotatable bonds is 8. The Kier molecular flexibility index (Phi) is 7.28. The van der Waals surface area contributed by atoms with Crippen molar-refractivity contribution in [3.8, 4) is 0 Å². The molecule has 120 valence electrons. The van der Waals surface area contributed by atoms with Crippen LogP contribution in [-0.4, -0.2) is 46.9 Å². The summed E-state index contributed by atoms with van der Waals surface area (Å²) in [5.74, 6) is -2.49. The molecule has 1 rings (SSSR count). The maximum atomic E-state index is 12.5. The van der Waals surface area contributed by atoms with Crippen molar-refractivity contribution in [1.29, 1.82) is 0 Å². The van der Waals surface area contributed by atoms with Gasteiger partial charge in [0.2, 0.25) is 0 Å². The zero-order valence-electron chi connectivity index (χ0n) is 13.0. The molecule has 0 heterocycles. The van der Waals surface area contributed by atoms with Crippen LogP contribution in [-0.2, 0) is 23.9 Å². The molecular formula is C16H20O5Se. The second-order valence-electron chi connectivity index (χ2n) is 4.66. The van der Waals surface area contributed by atoms with E-state index in [1.807, 2.05) is 37.3 Å². The first-order valence-corrected chi connectivity index (χ1v) is 8.68. The summed E-state index contributed by atoms with van der Waals surface area (Å²) in [5, 5.41) is 0. The van der Waals surface area contributed by atoms with E-state index >= 15 is 0 Å². The third kappa shape index (κ3) is 4.18. The summed E-state index contributed by atoms with van der Waals surface area (Å²) in [6.07, 6.45) is 1.73. The summed E-state index contributed by atoms with van der Waals surface area (Å²) in [6, 6.07) is 9.21. The molecule has 0 saturated heterocycles. The van der Waals surface area contributed by atoms with Crippen molar-refractivity contribution < 1.29 is 23.9 Å². The van der Waals surface area contributed by atoms with E-state index in [0.717, 1.165) is 18.0 Å². The average Bonchev–Trinajstić information content (AvgIpc) is 2.57. The quantitative estimate of drug-likeness (QED) is 0.298. The topological polar surface area (TPSA) is 69.7 Å². The number of carbonyl (C=O) groups is 3. The molecule has 0 amide bonds. The molecule has 5 nitrogen and oxygen atoms in total. The number of ketones is 1. The zero-order valence-corrected chi connectivity index (χ0v) is 14.7. The second kappa shape index (κ2) is 8.71. The molecule has 0 radical (unpaired) electrons. The summed E-state index contributed by atoms with van der Waals surface area (Å²) in [4.78, 5) is 36.7. The van der Waals surface area contributed by atoms with E-state index in [2.05, 4.69) is 4.74 Å². The van der Waals surface area contributed by atoms with Crippen molar-refractivity contribution in [2.75, 3.05) is 14.2 Å². The van der Waals surface area contributed by atoms with E-state index in [-0.39, 0.29) is 6.42 Å². The SMILES string of the molecule is CCCC[C@]([Se]c1ccccc1)(C(=O)OC)C(=O)C(=O)OC. The molecule has 0 aliphatic heterocycles. The minimum absolute atomic E-state index is 0.277. The van der Waals surface area contributed by atoms with Crippen LogP contribution in [0, 0.1) is 0 Å². The zero-order chi connectivity index (χ0) is 16.6. The third-order valence-electron chi connectivity index (χ3n) is 3.17. The fraction of sp³-hybridized carbons (Fsp3) is 0.438. The van der Waals surface area contributed by atoms with Crippen LogP contribution in [0.3, 0.4) is 0 Å². The van der Waals surface area contributed by atoms with Gasteiger partial charge in [0.25, 0.3) is 0 Å². The Morgan fingerprint density at radius 1 is 1.09 bits per heavy atom. The first-order valence-electron chi connectivity index (χ1n) is 6.97. The Balaban J connectivity index is 3.27. The van der Waals surface area contributed by atoms with Crippen LogP contribution in [0.15, 0.2) is 30.3 Å². The van der Waals surface area contributed by atoms with Gasteiger partial charge in [-0.05, 0) is 0 Å². The predicted octanol–water partition coefficient (Wildman–Crippen LogP) is 1.28. The first kappa shape index (κ1) is 18.4. The molecule has 0 fully saturated rings. The van der Waals surface area contributed by atoms with Gasteiger partial charge in [0.1, 0.15) is 0 Å². The third-order valence-corrected chi connectivity index (χ3v) is 6.13. The van der Waals surface area contributed by atoms with E-state index in [1.54, 1.807) is 0 Å². The Hall–Kier alpha value is -1.65. The Labute approximate surface area is 136 Å². The fourth-order valence-electron chi connectivity index (χ4n) is 1.99. The van der Waals surface area contributed by atoms with Crippen LogP contribution >= 0.6 is 0 Å². The van der Waals surface area contributed by atoms with Crippen molar-refractivity contribution in [2.24, 2.45) is 0 Å². The number of hydrogen-bond donors (Lipinski definition) is 0. The molecule has 0 aromatic heterocycles. The predicted molar refractivity (Wildman–Crippen MR) is 83.1 cm³/mol. The summed E-state index contributed by atoms with van der Waals surface area (Å²) < 4.78 is 8.78. The van der Waals surface area contributed by atoms with Gasteiger partial charge in [-0.15, -0.1) is 0 Å². The van der Waals surface area contributed by atoms with Gasteiger partial charge in [-0.1, -0.05) is 0 Å². The van der Waals surface area contributed by atoms with Gasteiger partial charge in [-0.2, -0.15) is 0 Å². The molecule has 0 unspecified atom stereocenters. The second-order valence-corrected chi connectivity index (χ2v) is 7.54. The normalized spacial score (nSPS) is 13.0. The van der Waals surface area contributed by atoms with Crippen LogP contribution in [0.25, 0.3) is 0 Å². The van der Waals surface area contributed by atoms with E-state index in [1.165, 1.54) is 7.11 Å². The number of ether oxygens (including phenoxy) is 2. The standard InChI is InChI=1S/C16H20O5Se/c1-4-5-11-16(15(19)21-3,13(17)14(18)20-2)22-12-9-7-6-8-10-12/h6-10H,4-5,11H2,1-3H3/t16-/m1/s1. The van der Waals surface area contributed by atoms with Gasteiger partial charge in [0.05, 0.1) is 0 Å². The van der Waals surface area contributed by atoms with Gasteiger partial charge in [0.15, 0.2) is 0 Å². The first-order chi connectivity index (χ1) is 10.5. The molecular weight excluding hydrogens is 351 g/mol. The van der Waals surface area contributed by atoms with Crippen molar-refractivity contribution in [1.82, 2.24) is 0 Å². The Morgan fingerprint density at radius 2 is 1.73 bits per heavy atom. The van der Waals surface area contributed by atoms with Gasteiger partial charge in [0, 0.05) is 0 Å². The summed E-state index contributed by atoms with van der Waals surface area (Å²) in [7, 11) is 2.37. The number of hydrogen-bond acceptors (Lipinski definition) is 5. The number of benzene rings is 1. The van der Waals surface area contributed by atoms with E-state index in [0.29, 0.717) is 6.42 Å². The van der Waals surface area contributed by atoms with E-state index < -0.39 is 37.0 Å². The molecule has 0 N–H and O–H groups in total. The fourth-order valence-corrected chi connectivity index (χ4v) is 4.68. The summed E-state index contributed by atoms with van der Waals surface area (Å²) >= 11 is -0.568. The van der Waals surface area contributed by atoms with Crippen LogP contribution in [0.1, 0.15) is 26.2 Å². The number of unbranched alkanes of at least 4 members (excludes halogenated alkanes) is 1. The van der Waals surface area contributed by atoms with E-state index in [4.69, 9.17) is 4.74 Å². The van der Waals surface area contributed by atoms with Gasteiger partial charge < -0.3 is 0 Å². The molecule has 1 aromatic rings. The molecule has 1 aromatic carbocycles. The number of Topliss-reactive ketones (excluding diaryl/α,β-unsaturated/α-hetero) is 1. The van der Waals surface area contributed by atoms with Crippen LogP contribution in [0.4, 0.5) is 0 Å². The van der Waals surface area contributed by atoms with Crippen LogP contribution in [0.2, 0.25) is 4.31 Å². The number of esters is 2. The van der Waals surface area contributed by atoms with Crippen molar-refractivity contribution in [3.05, 3.63) is 30.3 Å². The van der Waals surface area contributed by atoms with Crippen LogP contribution in [0.5, 0.6) is 0 Å². The van der Waals surface area contributed by atoms with Gasteiger partial charge >= 0.3 is 136 Å². The number of carbonyl (C=O) groups excluding carboxylic acids is 3. The molecule has 0 saturated carbocycles. The van der Waals surface area contributed by atoms with Gasteiger partial charge in [-0.25, -0.2) is 0 Å². The van der Waals surface area contributed by atoms with E-state index in [9.17, 15) is 14.4 Å². The molecule has 0 aliphatic rings. The van der Waals surface area contributed by atoms with Crippen molar-refractivity contribution in [3.63, 3.8) is 0 Å². The Morgan fingerprint density at radius 3 is 2.23 bits per heavy atom. The summed E-state index contributed by atoms with van der Waals surface area (Å²) in [6.45, 7) is 1.96. The van der Waals surface area contributed by atoms with Crippen molar-refractivity contribution >= 4 is 37.1 Å². The molecule has 1 atom stereocenters. The maximum absolute atomic E-state index is 12.5. The van der Waals surface area contributed by atoms with Crippen LogP contribution < -0.4 is 4.46 Å². The van der Waals surface area contributed by atoms with Gasteiger partial charge in [-0.3, -0.25) is 0 Å². The van der Waals surface area contributed by atoms with Crippen molar-refractivity contribution in [2.45, 2.75) is 30.5 Å². The molecule has 22 heavy (non-hydrogen) atoms. The minimum atomic E-state index is -1.47. The number of methoxy groups -OCH3 is 2. The molecule has 0 spiro atoms. The average molecular weight is 371 g/mol. The molecule has 6 heteroatoms. The Bertz CT molecular complexity index is 529.